The molecule has 0 saturated heterocycles. The van der Waals surface area contributed by atoms with Gasteiger partial charge < -0.3 is 4.74 Å². The summed E-state index contributed by atoms with van der Waals surface area (Å²) >= 11 is 0. The van der Waals surface area contributed by atoms with Crippen LogP contribution in [0.3, 0.4) is 0 Å². The van der Waals surface area contributed by atoms with Crippen molar-refractivity contribution in [1.29, 1.82) is 0 Å². The zero-order chi connectivity index (χ0) is 13.0. The fraction of sp³-hybridized carbons (Fsp3) is 0.333. The Balaban J connectivity index is 2.12. The van der Waals surface area contributed by atoms with E-state index in [9.17, 15) is 8.78 Å². The van der Waals surface area contributed by atoms with Crippen LogP contribution in [-0.4, -0.2) is 21.8 Å². The van der Waals surface area contributed by atoms with E-state index in [1.807, 2.05) is 0 Å². The van der Waals surface area contributed by atoms with Gasteiger partial charge in [-0.1, -0.05) is 6.92 Å². The number of aromatic nitrogens is 3. The van der Waals surface area contributed by atoms with Crippen LogP contribution in [0, 0.1) is 0 Å². The first-order valence-corrected chi connectivity index (χ1v) is 5.65. The van der Waals surface area contributed by atoms with Gasteiger partial charge in [-0.05, 0) is 30.7 Å². The molecule has 1 heterocycles. The Morgan fingerprint density at radius 3 is 2.61 bits per heavy atom. The van der Waals surface area contributed by atoms with Crippen LogP contribution in [0.25, 0.3) is 11.4 Å². The van der Waals surface area contributed by atoms with Crippen molar-refractivity contribution in [3.8, 4) is 17.1 Å². The number of benzene rings is 1. The number of alkyl halides is 2. The van der Waals surface area contributed by atoms with Crippen LogP contribution >= 0.6 is 0 Å². The van der Waals surface area contributed by atoms with E-state index in [0.29, 0.717) is 5.82 Å². The molecule has 0 spiro atoms. The molecule has 2 aromatic rings. The number of nitrogens with one attached hydrogen (secondary N) is 1. The van der Waals surface area contributed by atoms with Gasteiger partial charge in [0.25, 0.3) is 0 Å². The minimum absolute atomic E-state index is 0.123. The van der Waals surface area contributed by atoms with Crippen LogP contribution in [0.15, 0.2) is 24.3 Å². The number of ether oxygens (including phenoxy) is 1. The first-order valence-electron chi connectivity index (χ1n) is 5.65. The Morgan fingerprint density at radius 2 is 2.00 bits per heavy atom. The standard InChI is InChI=1S/C12H13F2N3O/c1-2-3-10-15-11(17-16-10)8-4-6-9(7-5-8)18-12(13)14/h4-7,12H,2-3H2,1H3,(H,15,16,17). The van der Waals surface area contributed by atoms with Crippen LogP contribution in [-0.2, 0) is 6.42 Å². The molecule has 0 aliphatic heterocycles. The highest BCUT2D eigenvalue weighted by atomic mass is 19.3. The number of hydrogen-bond donors (Lipinski definition) is 1. The molecule has 0 atom stereocenters. The summed E-state index contributed by atoms with van der Waals surface area (Å²) in [6.45, 7) is -0.755. The second kappa shape index (κ2) is 5.57. The lowest BCUT2D eigenvalue weighted by Crippen LogP contribution is -2.01. The molecule has 96 valence electrons. The number of halogens is 2. The maximum atomic E-state index is 12.0. The third-order valence-electron chi connectivity index (χ3n) is 2.36. The minimum atomic E-state index is -2.81. The second-order valence-corrected chi connectivity index (χ2v) is 3.76. The fourth-order valence-electron chi connectivity index (χ4n) is 1.56. The number of aryl methyl sites for hydroxylation is 1. The molecule has 18 heavy (non-hydrogen) atoms. The van der Waals surface area contributed by atoms with E-state index in [1.165, 1.54) is 12.1 Å². The molecule has 0 unspecified atom stereocenters. The van der Waals surface area contributed by atoms with E-state index in [1.54, 1.807) is 12.1 Å². The average molecular weight is 253 g/mol. The van der Waals surface area contributed by atoms with Gasteiger partial charge in [0.05, 0.1) is 0 Å². The molecule has 0 aliphatic carbocycles. The molecule has 0 aliphatic rings. The minimum Gasteiger partial charge on any atom is -0.435 e. The number of hydrogen-bond acceptors (Lipinski definition) is 3. The highest BCUT2D eigenvalue weighted by Gasteiger charge is 2.07. The predicted octanol–water partition coefficient (Wildman–Crippen LogP) is 3.03. The van der Waals surface area contributed by atoms with Crippen molar-refractivity contribution in [2.45, 2.75) is 26.4 Å². The Hall–Kier alpha value is -1.98. The molecule has 1 aromatic heterocycles. The van der Waals surface area contributed by atoms with E-state index in [0.717, 1.165) is 24.2 Å². The van der Waals surface area contributed by atoms with Gasteiger partial charge in [0, 0.05) is 12.0 Å². The van der Waals surface area contributed by atoms with Gasteiger partial charge in [-0.3, -0.25) is 5.10 Å². The summed E-state index contributed by atoms with van der Waals surface area (Å²) in [5, 5.41) is 6.91. The average Bonchev–Trinajstić information content (AvgIpc) is 2.78. The maximum absolute atomic E-state index is 12.0. The van der Waals surface area contributed by atoms with Crippen molar-refractivity contribution < 1.29 is 13.5 Å². The highest BCUT2D eigenvalue weighted by molar-refractivity contribution is 5.55. The molecule has 0 fully saturated rings. The zero-order valence-corrected chi connectivity index (χ0v) is 9.86. The van der Waals surface area contributed by atoms with Crippen molar-refractivity contribution >= 4 is 0 Å². The Bertz CT molecular complexity index is 496. The van der Waals surface area contributed by atoms with Crippen LogP contribution in [0.2, 0.25) is 0 Å². The Labute approximate surface area is 103 Å². The molecule has 0 saturated carbocycles. The number of rotatable bonds is 5. The fourth-order valence-corrected chi connectivity index (χ4v) is 1.56. The second-order valence-electron chi connectivity index (χ2n) is 3.76. The van der Waals surface area contributed by atoms with Crippen LogP contribution < -0.4 is 4.74 Å². The molecule has 1 N–H and O–H groups in total. The van der Waals surface area contributed by atoms with Crippen molar-refractivity contribution in [3.63, 3.8) is 0 Å². The largest absolute Gasteiger partial charge is 0.435 e. The van der Waals surface area contributed by atoms with Gasteiger partial charge in [-0.25, -0.2) is 4.98 Å². The number of H-pyrrole nitrogens is 1. The molecule has 4 nitrogen and oxygen atoms in total. The van der Waals surface area contributed by atoms with E-state index in [4.69, 9.17) is 0 Å². The lowest BCUT2D eigenvalue weighted by molar-refractivity contribution is -0.0498. The van der Waals surface area contributed by atoms with E-state index in [2.05, 4.69) is 26.8 Å². The molecule has 6 heteroatoms. The van der Waals surface area contributed by atoms with Gasteiger partial charge in [0.2, 0.25) is 0 Å². The van der Waals surface area contributed by atoms with Crippen molar-refractivity contribution in [2.75, 3.05) is 0 Å². The van der Waals surface area contributed by atoms with E-state index >= 15 is 0 Å². The quantitative estimate of drug-likeness (QED) is 0.891. The zero-order valence-electron chi connectivity index (χ0n) is 9.86. The molecular weight excluding hydrogens is 240 g/mol. The third-order valence-corrected chi connectivity index (χ3v) is 2.36. The molecule has 1 aromatic carbocycles. The topological polar surface area (TPSA) is 50.8 Å². The van der Waals surface area contributed by atoms with E-state index < -0.39 is 6.61 Å². The normalized spacial score (nSPS) is 10.9. The van der Waals surface area contributed by atoms with Crippen molar-refractivity contribution in [2.24, 2.45) is 0 Å². The van der Waals surface area contributed by atoms with Crippen LogP contribution in [0.5, 0.6) is 5.75 Å². The maximum Gasteiger partial charge on any atom is 0.387 e. The molecule has 0 amide bonds. The summed E-state index contributed by atoms with van der Waals surface area (Å²) in [6, 6.07) is 6.24. The monoisotopic (exact) mass is 253 g/mol. The summed E-state index contributed by atoms with van der Waals surface area (Å²) in [4.78, 5) is 4.31. The van der Waals surface area contributed by atoms with Gasteiger partial charge in [-0.15, -0.1) is 0 Å². The van der Waals surface area contributed by atoms with Gasteiger partial charge >= 0.3 is 6.61 Å². The molecule has 2 rings (SSSR count). The lowest BCUT2D eigenvalue weighted by Gasteiger charge is -2.03. The summed E-state index contributed by atoms with van der Waals surface area (Å²) < 4.78 is 28.2. The lowest BCUT2D eigenvalue weighted by atomic mass is 10.2. The number of nitrogens with zero attached hydrogens (tertiary/aromatic N) is 2. The SMILES string of the molecule is CCCc1nc(-c2ccc(OC(F)F)cc2)n[nH]1. The summed E-state index contributed by atoms with van der Waals surface area (Å²) in [7, 11) is 0. The first-order chi connectivity index (χ1) is 8.69. The molecular formula is C12H13F2N3O. The van der Waals surface area contributed by atoms with Crippen molar-refractivity contribution in [1.82, 2.24) is 15.2 Å². The summed E-state index contributed by atoms with van der Waals surface area (Å²) in [5.74, 6) is 1.50. The Morgan fingerprint density at radius 1 is 1.28 bits per heavy atom. The van der Waals surface area contributed by atoms with Gasteiger partial charge in [0.1, 0.15) is 11.6 Å². The van der Waals surface area contributed by atoms with Crippen LogP contribution in [0.1, 0.15) is 19.2 Å². The van der Waals surface area contributed by atoms with Gasteiger partial charge in [0.15, 0.2) is 5.82 Å². The van der Waals surface area contributed by atoms with Crippen molar-refractivity contribution in [3.05, 3.63) is 30.1 Å². The first kappa shape index (κ1) is 12.5. The molecule has 0 bridgehead atoms. The van der Waals surface area contributed by atoms with Crippen LogP contribution in [0.4, 0.5) is 8.78 Å². The van der Waals surface area contributed by atoms with E-state index in [-0.39, 0.29) is 5.75 Å². The van der Waals surface area contributed by atoms with Gasteiger partial charge in [-0.2, -0.15) is 13.9 Å². The smallest absolute Gasteiger partial charge is 0.387 e. The third kappa shape index (κ3) is 3.03. The summed E-state index contributed by atoms with van der Waals surface area (Å²) in [6.07, 6.45) is 1.81. The highest BCUT2D eigenvalue weighted by Crippen LogP contribution is 2.20. The predicted molar refractivity (Wildman–Crippen MR) is 62.4 cm³/mol. The summed E-state index contributed by atoms with van der Waals surface area (Å²) in [5.41, 5.74) is 0.759. The molecule has 0 radical (unpaired) electrons. The Kier molecular flexibility index (Phi) is 3.86. The number of aromatic amines is 1.